The molecule has 2 aliphatic rings. The van der Waals surface area contributed by atoms with Crippen LogP contribution in [0, 0.1) is 0 Å². The molecule has 1 atom stereocenters. The molecule has 0 bridgehead atoms. The molecule has 1 saturated heterocycles. The number of nitrogens with two attached hydrogens (primary N) is 1. The van der Waals surface area contributed by atoms with Crippen molar-refractivity contribution in [2.75, 3.05) is 48.3 Å². The lowest BCUT2D eigenvalue weighted by molar-refractivity contribution is -0.116. The summed E-state index contributed by atoms with van der Waals surface area (Å²) in [6, 6.07) is 12.8. The fraction of sp³-hybridized carbons (Fsp3) is 0.435. The average molecular weight is 413 g/mol. The molecule has 0 spiro atoms. The Bertz CT molecular complexity index is 908. The van der Waals surface area contributed by atoms with Crippen LogP contribution >= 0.6 is 11.6 Å². The first-order valence-electron chi connectivity index (χ1n) is 10.4. The number of carbonyl (C=O) groups excluding carboxylic acids is 1. The van der Waals surface area contributed by atoms with Gasteiger partial charge in [-0.2, -0.15) is 0 Å². The number of benzene rings is 2. The smallest absolute Gasteiger partial charge is 0.223 e. The van der Waals surface area contributed by atoms with Crippen LogP contribution in [0.5, 0.6) is 0 Å². The lowest BCUT2D eigenvalue weighted by Gasteiger charge is -2.39. The van der Waals surface area contributed by atoms with Crippen molar-refractivity contribution in [3.05, 3.63) is 52.5 Å². The molecule has 154 valence electrons. The van der Waals surface area contributed by atoms with Gasteiger partial charge in [0, 0.05) is 56.4 Å². The molecule has 2 aliphatic heterocycles. The lowest BCUT2D eigenvalue weighted by atomic mass is 10.00. The summed E-state index contributed by atoms with van der Waals surface area (Å²) in [6.45, 7) is 8.71. The van der Waals surface area contributed by atoms with Gasteiger partial charge in [0.05, 0.1) is 11.4 Å². The molecule has 2 heterocycles. The van der Waals surface area contributed by atoms with Gasteiger partial charge < -0.3 is 15.5 Å². The maximum Gasteiger partial charge on any atom is 0.223 e. The first kappa shape index (κ1) is 20.0. The normalized spacial score (nSPS) is 18.0. The summed E-state index contributed by atoms with van der Waals surface area (Å²) >= 11 is 6.14. The summed E-state index contributed by atoms with van der Waals surface area (Å²) < 4.78 is 0. The molecule has 6 heteroatoms. The van der Waals surface area contributed by atoms with E-state index in [4.69, 9.17) is 17.3 Å². The monoisotopic (exact) mass is 412 g/mol. The Labute approximate surface area is 178 Å². The van der Waals surface area contributed by atoms with Gasteiger partial charge in [-0.3, -0.25) is 9.69 Å². The first-order chi connectivity index (χ1) is 13.9. The fourth-order valence-electron chi connectivity index (χ4n) is 4.65. The van der Waals surface area contributed by atoms with Crippen LogP contribution in [0.25, 0.3) is 0 Å². The van der Waals surface area contributed by atoms with Crippen molar-refractivity contribution in [1.82, 2.24) is 4.90 Å². The molecule has 0 saturated carbocycles. The molecule has 2 aromatic rings. The van der Waals surface area contributed by atoms with Crippen molar-refractivity contribution in [1.29, 1.82) is 0 Å². The Morgan fingerprint density at radius 2 is 1.90 bits per heavy atom. The van der Waals surface area contributed by atoms with Crippen molar-refractivity contribution in [3.63, 3.8) is 0 Å². The highest BCUT2D eigenvalue weighted by Crippen LogP contribution is 2.35. The summed E-state index contributed by atoms with van der Waals surface area (Å²) in [5.41, 5.74) is 11.6. The van der Waals surface area contributed by atoms with Gasteiger partial charge in [-0.15, -0.1) is 0 Å². The predicted octanol–water partition coefficient (Wildman–Crippen LogP) is 3.58. The van der Waals surface area contributed by atoms with Crippen LogP contribution < -0.4 is 15.5 Å². The maximum atomic E-state index is 11.8. The van der Waals surface area contributed by atoms with Crippen LogP contribution in [0.15, 0.2) is 36.4 Å². The number of fused-ring (bicyclic) bond motifs is 1. The van der Waals surface area contributed by atoms with E-state index >= 15 is 0 Å². The number of amides is 1. The second-order valence-corrected chi connectivity index (χ2v) is 8.61. The number of piperazine rings is 1. The van der Waals surface area contributed by atoms with Gasteiger partial charge in [0.25, 0.3) is 0 Å². The number of halogens is 1. The van der Waals surface area contributed by atoms with Crippen LogP contribution in [-0.2, 0) is 17.6 Å². The number of hydrogen-bond donors (Lipinski definition) is 1. The summed E-state index contributed by atoms with van der Waals surface area (Å²) in [4.78, 5) is 18.6. The maximum absolute atomic E-state index is 11.8. The van der Waals surface area contributed by atoms with Crippen LogP contribution in [0.2, 0.25) is 5.02 Å². The van der Waals surface area contributed by atoms with Crippen LogP contribution in [0.1, 0.15) is 25.0 Å². The van der Waals surface area contributed by atoms with Crippen molar-refractivity contribution < 1.29 is 4.79 Å². The number of rotatable bonds is 4. The number of nitrogens with zero attached hydrogens (tertiary/aromatic N) is 3. The Hall–Kier alpha value is -2.24. The van der Waals surface area contributed by atoms with Gasteiger partial charge >= 0.3 is 0 Å². The number of hydrogen-bond acceptors (Lipinski definition) is 4. The second kappa shape index (κ2) is 8.25. The molecule has 0 aliphatic carbocycles. The summed E-state index contributed by atoms with van der Waals surface area (Å²) in [5, 5.41) is 0.788. The highest BCUT2D eigenvalue weighted by Gasteiger charge is 2.26. The minimum absolute atomic E-state index is 0.0640. The van der Waals surface area contributed by atoms with Gasteiger partial charge in [0.2, 0.25) is 5.91 Å². The minimum Gasteiger partial charge on any atom is -0.397 e. The molecule has 2 N–H and O–H groups in total. The van der Waals surface area contributed by atoms with Gasteiger partial charge in [-0.05, 0) is 55.2 Å². The molecule has 0 aromatic heterocycles. The first-order valence-corrected chi connectivity index (χ1v) is 10.7. The van der Waals surface area contributed by atoms with E-state index in [1.165, 1.54) is 16.8 Å². The molecule has 0 radical (unpaired) electrons. The van der Waals surface area contributed by atoms with Crippen molar-refractivity contribution in [2.45, 2.75) is 32.7 Å². The highest BCUT2D eigenvalue weighted by molar-refractivity contribution is 6.30. The zero-order chi connectivity index (χ0) is 20.5. The average Bonchev–Trinajstić information content (AvgIpc) is 3.13. The second-order valence-electron chi connectivity index (χ2n) is 8.17. The van der Waals surface area contributed by atoms with E-state index in [-0.39, 0.29) is 5.91 Å². The Kier molecular flexibility index (Phi) is 5.70. The van der Waals surface area contributed by atoms with Crippen LogP contribution in [0.4, 0.5) is 17.1 Å². The zero-order valence-corrected chi connectivity index (χ0v) is 18.0. The quantitative estimate of drug-likeness (QED) is 0.780. The standard InChI is InChI=1S/C23H29ClN4O/c1-16(26-8-10-27(11-9-26)21-5-3-4-20(24)15-21)12-18-13-19-6-7-28(17(2)29)23(19)22(25)14-18/h3-5,13-16H,6-12,25H2,1-2H3. The van der Waals surface area contributed by atoms with Crippen LogP contribution in [-0.4, -0.2) is 49.6 Å². The topological polar surface area (TPSA) is 52.8 Å². The summed E-state index contributed by atoms with van der Waals surface area (Å²) in [5.74, 6) is 0.0640. The Balaban J connectivity index is 1.39. The number of nitrogen functional groups attached to an aromatic ring is 1. The molecule has 2 aromatic carbocycles. The SMILES string of the molecule is CC(=O)N1CCc2cc(CC(C)N3CCN(c4cccc(Cl)c4)CC3)cc(N)c21. The van der Waals surface area contributed by atoms with Gasteiger partial charge in [-0.1, -0.05) is 23.7 Å². The summed E-state index contributed by atoms with van der Waals surface area (Å²) in [6.07, 6.45) is 1.86. The largest absolute Gasteiger partial charge is 0.397 e. The van der Waals surface area contributed by atoms with E-state index in [1.807, 2.05) is 18.2 Å². The molecular weight excluding hydrogens is 384 g/mol. The van der Waals surface area contributed by atoms with E-state index in [1.54, 1.807) is 11.8 Å². The van der Waals surface area contributed by atoms with Gasteiger partial charge in [0.1, 0.15) is 0 Å². The third-order valence-corrected chi connectivity index (χ3v) is 6.41. The van der Waals surface area contributed by atoms with Crippen LogP contribution in [0.3, 0.4) is 0 Å². The van der Waals surface area contributed by atoms with Crippen molar-refractivity contribution in [3.8, 4) is 0 Å². The highest BCUT2D eigenvalue weighted by atomic mass is 35.5. The minimum atomic E-state index is 0.0640. The molecule has 5 nitrogen and oxygen atoms in total. The third-order valence-electron chi connectivity index (χ3n) is 6.17. The number of carbonyl (C=O) groups is 1. The number of anilines is 3. The van der Waals surface area contributed by atoms with Gasteiger partial charge in [-0.25, -0.2) is 0 Å². The van der Waals surface area contributed by atoms with Crippen molar-refractivity contribution >= 4 is 34.6 Å². The molecule has 1 amide bonds. The van der Waals surface area contributed by atoms with Gasteiger partial charge in [0.15, 0.2) is 0 Å². The summed E-state index contributed by atoms with van der Waals surface area (Å²) in [7, 11) is 0. The Morgan fingerprint density at radius 3 is 2.59 bits per heavy atom. The molecule has 29 heavy (non-hydrogen) atoms. The predicted molar refractivity (Wildman–Crippen MR) is 121 cm³/mol. The molecule has 1 unspecified atom stereocenters. The Morgan fingerprint density at radius 1 is 1.14 bits per heavy atom. The lowest BCUT2D eigenvalue weighted by Crippen LogP contribution is -2.50. The third kappa shape index (κ3) is 4.21. The fourth-order valence-corrected chi connectivity index (χ4v) is 4.83. The van der Waals surface area contributed by atoms with E-state index < -0.39 is 0 Å². The van der Waals surface area contributed by atoms with E-state index in [0.717, 1.165) is 62.0 Å². The molecular formula is C23H29ClN4O. The molecule has 1 fully saturated rings. The van der Waals surface area contributed by atoms with E-state index in [0.29, 0.717) is 6.04 Å². The van der Waals surface area contributed by atoms with Crippen molar-refractivity contribution in [2.24, 2.45) is 0 Å². The van der Waals surface area contributed by atoms with E-state index in [2.05, 4.69) is 34.9 Å². The molecule has 4 rings (SSSR count). The van der Waals surface area contributed by atoms with E-state index in [9.17, 15) is 4.79 Å². The zero-order valence-electron chi connectivity index (χ0n) is 17.2.